The van der Waals surface area contributed by atoms with E-state index >= 15 is 0 Å². The smallest absolute Gasteiger partial charge is 0.340 e. The van der Waals surface area contributed by atoms with Gasteiger partial charge in [-0.25, -0.2) is 15.0 Å². The highest BCUT2D eigenvalue weighted by molar-refractivity contribution is 6.28. The van der Waals surface area contributed by atoms with Gasteiger partial charge in [-0.05, 0) is 12.1 Å². The summed E-state index contributed by atoms with van der Waals surface area (Å²) in [6.07, 6.45) is 0.965. The second-order valence-electron chi connectivity index (χ2n) is 5.21. The summed E-state index contributed by atoms with van der Waals surface area (Å²) in [5.41, 5.74) is 3.21. The molecule has 0 saturated carbocycles. The number of ether oxygens (including phenoxy) is 2. The number of benzene rings is 2. The molecule has 0 atom stereocenters. The summed E-state index contributed by atoms with van der Waals surface area (Å²) in [5.74, 6) is -2.02. The maximum Gasteiger partial charge on any atom is 0.340 e. The van der Waals surface area contributed by atoms with Gasteiger partial charge in [0.25, 0.3) is 5.91 Å². The maximum atomic E-state index is 12.3. The Morgan fingerprint density at radius 2 is 1.41 bits per heavy atom. The topological polar surface area (TPSA) is 94.1 Å². The SMILES string of the molecule is COC(=O)C=C(C(=O)OC)C(=NNC(=O)c1ccccc1)c1ccccc1. The fraction of sp³-hybridized carbons (Fsp3) is 0.100. The van der Waals surface area contributed by atoms with Crippen molar-refractivity contribution in [3.8, 4) is 0 Å². The minimum Gasteiger partial charge on any atom is -0.466 e. The Labute approximate surface area is 156 Å². The summed E-state index contributed by atoms with van der Waals surface area (Å²) < 4.78 is 9.33. The van der Waals surface area contributed by atoms with Gasteiger partial charge in [0.2, 0.25) is 0 Å². The monoisotopic (exact) mass is 366 g/mol. The fourth-order valence-corrected chi connectivity index (χ4v) is 2.15. The molecule has 0 aliphatic rings. The van der Waals surface area contributed by atoms with E-state index in [-0.39, 0.29) is 11.3 Å². The van der Waals surface area contributed by atoms with Crippen molar-refractivity contribution >= 4 is 23.6 Å². The highest BCUT2D eigenvalue weighted by atomic mass is 16.5. The number of carbonyl (C=O) groups is 3. The van der Waals surface area contributed by atoms with Crippen molar-refractivity contribution in [3.05, 3.63) is 83.4 Å². The zero-order chi connectivity index (χ0) is 19.6. The average molecular weight is 366 g/mol. The molecule has 0 aromatic heterocycles. The van der Waals surface area contributed by atoms with Crippen LogP contribution in [0.1, 0.15) is 15.9 Å². The molecule has 7 nitrogen and oxygen atoms in total. The zero-order valence-electron chi connectivity index (χ0n) is 14.8. The predicted molar refractivity (Wildman–Crippen MR) is 99.0 cm³/mol. The van der Waals surface area contributed by atoms with Gasteiger partial charge < -0.3 is 9.47 Å². The van der Waals surface area contributed by atoms with E-state index in [2.05, 4.69) is 15.3 Å². The van der Waals surface area contributed by atoms with Crippen molar-refractivity contribution in [2.24, 2.45) is 5.10 Å². The molecule has 1 N–H and O–H groups in total. The molecule has 2 rings (SSSR count). The second kappa shape index (κ2) is 9.67. The Kier molecular flexibility index (Phi) is 7.01. The van der Waals surface area contributed by atoms with E-state index in [1.165, 1.54) is 14.2 Å². The lowest BCUT2D eigenvalue weighted by molar-refractivity contribution is -0.138. The Balaban J connectivity index is 2.47. The Hall–Kier alpha value is -3.74. The molecule has 0 radical (unpaired) electrons. The summed E-state index contributed by atoms with van der Waals surface area (Å²) in [4.78, 5) is 36.2. The number of hydrogen-bond donors (Lipinski definition) is 1. The number of nitrogens with zero attached hydrogens (tertiary/aromatic N) is 1. The molecular weight excluding hydrogens is 348 g/mol. The van der Waals surface area contributed by atoms with Gasteiger partial charge in [0.15, 0.2) is 0 Å². The number of amides is 1. The minimum absolute atomic E-state index is 0.0668. The largest absolute Gasteiger partial charge is 0.466 e. The van der Waals surface area contributed by atoms with Gasteiger partial charge in [0, 0.05) is 17.2 Å². The molecule has 0 bridgehead atoms. The van der Waals surface area contributed by atoms with Crippen LogP contribution in [0.4, 0.5) is 0 Å². The molecule has 0 heterocycles. The van der Waals surface area contributed by atoms with E-state index in [1.54, 1.807) is 60.7 Å². The van der Waals surface area contributed by atoms with Crippen LogP contribution in [0.25, 0.3) is 0 Å². The van der Waals surface area contributed by atoms with E-state index in [9.17, 15) is 14.4 Å². The van der Waals surface area contributed by atoms with E-state index in [4.69, 9.17) is 4.74 Å². The van der Waals surface area contributed by atoms with E-state index in [1.807, 2.05) is 0 Å². The molecular formula is C20H18N2O5. The van der Waals surface area contributed by atoms with Crippen LogP contribution in [0.5, 0.6) is 0 Å². The lowest BCUT2D eigenvalue weighted by Crippen LogP contribution is -2.24. The fourth-order valence-electron chi connectivity index (χ4n) is 2.15. The third-order valence-corrected chi connectivity index (χ3v) is 3.48. The van der Waals surface area contributed by atoms with Crippen molar-refractivity contribution in [1.82, 2.24) is 5.43 Å². The molecule has 0 spiro atoms. The summed E-state index contributed by atoms with van der Waals surface area (Å²) in [5, 5.41) is 4.07. The van der Waals surface area contributed by atoms with Crippen molar-refractivity contribution in [3.63, 3.8) is 0 Å². The van der Waals surface area contributed by atoms with Gasteiger partial charge in [-0.15, -0.1) is 0 Å². The molecule has 27 heavy (non-hydrogen) atoms. The van der Waals surface area contributed by atoms with Crippen LogP contribution in [0.2, 0.25) is 0 Å². The quantitative estimate of drug-likeness (QED) is 0.366. The minimum atomic E-state index is -0.794. The van der Waals surface area contributed by atoms with Crippen molar-refractivity contribution in [2.75, 3.05) is 14.2 Å². The van der Waals surface area contributed by atoms with Crippen LogP contribution in [0.3, 0.4) is 0 Å². The van der Waals surface area contributed by atoms with E-state index in [0.29, 0.717) is 11.1 Å². The Morgan fingerprint density at radius 1 is 0.852 bits per heavy atom. The Bertz CT molecular complexity index is 874. The number of esters is 2. The molecule has 0 unspecified atom stereocenters. The van der Waals surface area contributed by atoms with Crippen LogP contribution < -0.4 is 5.43 Å². The zero-order valence-corrected chi connectivity index (χ0v) is 14.8. The first kappa shape index (κ1) is 19.6. The molecule has 1 amide bonds. The van der Waals surface area contributed by atoms with E-state index < -0.39 is 17.8 Å². The lowest BCUT2D eigenvalue weighted by Gasteiger charge is -2.10. The normalized spacial score (nSPS) is 11.5. The number of hydrazone groups is 1. The van der Waals surface area contributed by atoms with Crippen molar-refractivity contribution in [2.45, 2.75) is 0 Å². The molecule has 0 aliphatic heterocycles. The Morgan fingerprint density at radius 3 is 1.93 bits per heavy atom. The lowest BCUT2D eigenvalue weighted by atomic mass is 10.0. The molecule has 0 aliphatic carbocycles. The number of hydrogen-bond acceptors (Lipinski definition) is 6. The van der Waals surface area contributed by atoms with Gasteiger partial charge in [-0.2, -0.15) is 5.10 Å². The highest BCUT2D eigenvalue weighted by Gasteiger charge is 2.21. The summed E-state index contributed by atoms with van der Waals surface area (Å²) in [6, 6.07) is 17.1. The molecule has 0 fully saturated rings. The first-order chi connectivity index (χ1) is 13.1. The number of methoxy groups -OCH3 is 2. The second-order valence-corrected chi connectivity index (χ2v) is 5.21. The van der Waals surface area contributed by atoms with Gasteiger partial charge in [0.05, 0.1) is 19.8 Å². The molecule has 0 saturated heterocycles. The van der Waals surface area contributed by atoms with Gasteiger partial charge in [-0.3, -0.25) is 4.79 Å². The number of rotatable bonds is 6. The maximum absolute atomic E-state index is 12.3. The molecule has 2 aromatic rings. The van der Waals surface area contributed by atoms with Crippen LogP contribution >= 0.6 is 0 Å². The van der Waals surface area contributed by atoms with E-state index in [0.717, 1.165) is 6.08 Å². The summed E-state index contributed by atoms with van der Waals surface area (Å²) >= 11 is 0. The number of nitrogens with one attached hydrogen (secondary N) is 1. The van der Waals surface area contributed by atoms with Crippen LogP contribution in [0, 0.1) is 0 Å². The summed E-state index contributed by atoms with van der Waals surface area (Å²) in [7, 11) is 2.36. The van der Waals surface area contributed by atoms with Gasteiger partial charge in [0.1, 0.15) is 5.71 Å². The van der Waals surface area contributed by atoms with Gasteiger partial charge in [-0.1, -0.05) is 48.5 Å². The summed E-state index contributed by atoms with van der Waals surface area (Å²) in [6.45, 7) is 0. The molecule has 2 aromatic carbocycles. The standard InChI is InChI=1S/C20H18N2O5/c1-26-17(23)13-16(20(25)27-2)18(14-9-5-3-6-10-14)21-22-19(24)15-11-7-4-8-12-15/h3-13H,1-2H3,(H,22,24). The first-order valence-electron chi connectivity index (χ1n) is 7.93. The molecule has 7 heteroatoms. The van der Waals surface area contributed by atoms with Crippen molar-refractivity contribution in [1.29, 1.82) is 0 Å². The third-order valence-electron chi connectivity index (χ3n) is 3.48. The average Bonchev–Trinajstić information content (AvgIpc) is 2.73. The molecule has 138 valence electrons. The number of carbonyl (C=O) groups excluding carboxylic acids is 3. The third kappa shape index (κ3) is 5.37. The predicted octanol–water partition coefficient (Wildman–Crippen LogP) is 2.09. The van der Waals surface area contributed by atoms with Crippen LogP contribution in [-0.4, -0.2) is 37.8 Å². The van der Waals surface area contributed by atoms with Crippen molar-refractivity contribution < 1.29 is 23.9 Å². The van der Waals surface area contributed by atoms with Crippen LogP contribution in [-0.2, 0) is 19.1 Å². The highest BCUT2D eigenvalue weighted by Crippen LogP contribution is 2.12. The van der Waals surface area contributed by atoms with Gasteiger partial charge >= 0.3 is 11.9 Å². The van der Waals surface area contributed by atoms with Crippen LogP contribution in [0.15, 0.2) is 77.4 Å². The first-order valence-corrected chi connectivity index (χ1v) is 7.93.